The molecule has 2 aromatic carbocycles. The summed E-state index contributed by atoms with van der Waals surface area (Å²) in [6.07, 6.45) is 3.36. The van der Waals surface area contributed by atoms with Crippen LogP contribution in [0.25, 0.3) is 6.08 Å². The lowest BCUT2D eigenvalue weighted by molar-refractivity contribution is -0.126. The number of anilines is 1. The zero-order chi connectivity index (χ0) is 18.8. The molecule has 2 aromatic rings. The summed E-state index contributed by atoms with van der Waals surface area (Å²) in [5.74, 6) is 1.18. The normalized spacial score (nSPS) is 16.2. The van der Waals surface area contributed by atoms with Gasteiger partial charge in [-0.1, -0.05) is 23.7 Å². The van der Waals surface area contributed by atoms with E-state index < -0.39 is 0 Å². The van der Waals surface area contributed by atoms with Gasteiger partial charge in [0.05, 0.1) is 5.02 Å². The number of halogens is 1. The van der Waals surface area contributed by atoms with Crippen LogP contribution in [0.2, 0.25) is 5.02 Å². The molecule has 0 spiro atoms. The highest BCUT2D eigenvalue weighted by atomic mass is 35.5. The molecule has 0 aromatic heterocycles. The number of hydrogen-bond acceptors (Lipinski definition) is 4. The van der Waals surface area contributed by atoms with Crippen molar-refractivity contribution in [2.24, 2.45) is 0 Å². The first kappa shape index (κ1) is 17.7. The highest BCUT2D eigenvalue weighted by Gasteiger charge is 2.20. The molecule has 0 atom stereocenters. The van der Waals surface area contributed by atoms with Gasteiger partial charge in [-0.3, -0.25) is 4.79 Å². The first-order chi connectivity index (χ1) is 13.1. The first-order valence-corrected chi connectivity index (χ1v) is 9.36. The molecule has 0 radical (unpaired) electrons. The van der Waals surface area contributed by atoms with Gasteiger partial charge in [0.15, 0.2) is 11.5 Å². The maximum Gasteiger partial charge on any atom is 0.246 e. The second-order valence-electron chi connectivity index (χ2n) is 6.72. The number of nitrogens with zero attached hydrogens (tertiary/aromatic N) is 2. The molecule has 6 heteroatoms. The van der Waals surface area contributed by atoms with Crippen LogP contribution in [0.3, 0.4) is 0 Å². The van der Waals surface area contributed by atoms with Crippen molar-refractivity contribution in [3.8, 4) is 11.5 Å². The Balaban J connectivity index is 1.37. The minimum atomic E-state index is 0.00711. The fraction of sp³-hybridized carbons (Fsp3) is 0.286. The van der Waals surface area contributed by atoms with E-state index in [0.29, 0.717) is 29.6 Å². The number of rotatable bonds is 3. The molecule has 5 nitrogen and oxygen atoms in total. The fourth-order valence-corrected chi connectivity index (χ4v) is 3.64. The molecule has 0 saturated carbocycles. The van der Waals surface area contributed by atoms with Crippen LogP contribution >= 0.6 is 11.6 Å². The van der Waals surface area contributed by atoms with Gasteiger partial charge in [0.1, 0.15) is 0 Å². The number of hydrogen-bond donors (Lipinski definition) is 0. The van der Waals surface area contributed by atoms with Crippen molar-refractivity contribution in [2.75, 3.05) is 37.9 Å². The SMILES string of the molecule is Cc1cccc(N2CCN(C(=O)/C=C/c3cc(Cl)c4c(c3)OCO4)CC2)c1. The second-order valence-corrected chi connectivity index (χ2v) is 7.13. The Labute approximate surface area is 163 Å². The molecular weight excluding hydrogens is 364 g/mol. The van der Waals surface area contributed by atoms with Crippen LogP contribution < -0.4 is 14.4 Å². The maximum atomic E-state index is 12.5. The quantitative estimate of drug-likeness (QED) is 0.756. The van der Waals surface area contributed by atoms with Crippen LogP contribution in [-0.2, 0) is 4.79 Å². The molecule has 2 heterocycles. The van der Waals surface area contributed by atoms with Gasteiger partial charge in [-0.05, 0) is 48.4 Å². The topological polar surface area (TPSA) is 42.0 Å². The molecule has 4 rings (SSSR count). The molecule has 2 aliphatic heterocycles. The van der Waals surface area contributed by atoms with Gasteiger partial charge in [-0.25, -0.2) is 0 Å². The summed E-state index contributed by atoms with van der Waals surface area (Å²) < 4.78 is 10.7. The Hall–Kier alpha value is -2.66. The van der Waals surface area contributed by atoms with E-state index in [1.54, 1.807) is 18.2 Å². The van der Waals surface area contributed by atoms with Gasteiger partial charge in [0, 0.05) is 37.9 Å². The standard InChI is InChI=1S/C21H21ClN2O3/c1-15-3-2-4-17(11-15)23-7-9-24(10-8-23)20(25)6-5-16-12-18(22)21-19(13-16)26-14-27-21/h2-6,11-13H,7-10,14H2,1H3/b6-5+. The predicted molar refractivity (Wildman–Crippen MR) is 107 cm³/mol. The van der Waals surface area contributed by atoms with Crippen molar-refractivity contribution in [2.45, 2.75) is 6.92 Å². The molecule has 27 heavy (non-hydrogen) atoms. The average Bonchev–Trinajstić information content (AvgIpc) is 3.15. The molecule has 2 aliphatic rings. The Kier molecular flexibility index (Phi) is 4.94. The number of aryl methyl sites for hydroxylation is 1. The lowest BCUT2D eigenvalue weighted by atomic mass is 10.1. The number of amides is 1. The number of ether oxygens (including phenoxy) is 2. The largest absolute Gasteiger partial charge is 0.454 e. The number of benzene rings is 2. The first-order valence-electron chi connectivity index (χ1n) is 8.98. The van der Waals surface area contributed by atoms with Crippen LogP contribution in [0.4, 0.5) is 5.69 Å². The van der Waals surface area contributed by atoms with E-state index in [0.717, 1.165) is 18.7 Å². The molecule has 1 fully saturated rings. The third-order valence-electron chi connectivity index (χ3n) is 4.83. The van der Waals surface area contributed by atoms with Crippen LogP contribution in [0.15, 0.2) is 42.5 Å². The number of carbonyl (C=O) groups is 1. The lowest BCUT2D eigenvalue weighted by Gasteiger charge is -2.35. The van der Waals surface area contributed by atoms with Gasteiger partial charge in [-0.2, -0.15) is 0 Å². The predicted octanol–water partition coefficient (Wildman–Crippen LogP) is 3.74. The molecule has 140 valence electrons. The summed E-state index contributed by atoms with van der Waals surface area (Å²) >= 11 is 6.18. The van der Waals surface area contributed by atoms with Crippen molar-refractivity contribution in [1.29, 1.82) is 0 Å². The van der Waals surface area contributed by atoms with Crippen LogP contribution in [-0.4, -0.2) is 43.8 Å². The molecule has 1 amide bonds. The van der Waals surface area contributed by atoms with Gasteiger partial charge < -0.3 is 19.3 Å². The molecule has 0 bridgehead atoms. The molecule has 0 aliphatic carbocycles. The van der Waals surface area contributed by atoms with Gasteiger partial charge in [0.2, 0.25) is 12.7 Å². The van der Waals surface area contributed by atoms with Crippen molar-refractivity contribution in [3.05, 3.63) is 58.6 Å². The average molecular weight is 385 g/mol. The monoisotopic (exact) mass is 384 g/mol. The van der Waals surface area contributed by atoms with Gasteiger partial charge >= 0.3 is 0 Å². The summed E-state index contributed by atoms with van der Waals surface area (Å²) in [5, 5.41) is 0.490. The van der Waals surface area contributed by atoms with E-state index >= 15 is 0 Å². The maximum absolute atomic E-state index is 12.5. The van der Waals surface area contributed by atoms with Crippen molar-refractivity contribution in [3.63, 3.8) is 0 Å². The van der Waals surface area contributed by atoms with Crippen molar-refractivity contribution >= 4 is 29.3 Å². The Bertz CT molecular complexity index is 889. The number of fused-ring (bicyclic) bond motifs is 1. The molecule has 0 unspecified atom stereocenters. The van der Waals surface area contributed by atoms with E-state index in [-0.39, 0.29) is 12.7 Å². The number of piperazine rings is 1. The van der Waals surface area contributed by atoms with Crippen LogP contribution in [0.1, 0.15) is 11.1 Å². The van der Waals surface area contributed by atoms with Crippen LogP contribution in [0.5, 0.6) is 11.5 Å². The summed E-state index contributed by atoms with van der Waals surface area (Å²) in [6.45, 7) is 5.35. The van der Waals surface area contributed by atoms with E-state index in [1.165, 1.54) is 11.3 Å². The van der Waals surface area contributed by atoms with E-state index in [2.05, 4.69) is 36.1 Å². The molecule has 0 N–H and O–H groups in total. The third-order valence-corrected chi connectivity index (χ3v) is 5.11. The minimum absolute atomic E-state index is 0.00711. The Morgan fingerprint density at radius 3 is 2.70 bits per heavy atom. The lowest BCUT2D eigenvalue weighted by Crippen LogP contribution is -2.48. The fourth-order valence-electron chi connectivity index (χ4n) is 3.37. The zero-order valence-electron chi connectivity index (χ0n) is 15.2. The highest BCUT2D eigenvalue weighted by molar-refractivity contribution is 6.32. The van der Waals surface area contributed by atoms with E-state index in [9.17, 15) is 4.79 Å². The summed E-state index contributed by atoms with van der Waals surface area (Å²) in [4.78, 5) is 16.7. The third kappa shape index (κ3) is 3.88. The van der Waals surface area contributed by atoms with Crippen molar-refractivity contribution < 1.29 is 14.3 Å². The smallest absolute Gasteiger partial charge is 0.246 e. The minimum Gasteiger partial charge on any atom is -0.454 e. The number of carbonyl (C=O) groups excluding carboxylic acids is 1. The van der Waals surface area contributed by atoms with E-state index in [4.69, 9.17) is 21.1 Å². The summed E-state index contributed by atoms with van der Waals surface area (Å²) in [5.41, 5.74) is 3.28. The summed E-state index contributed by atoms with van der Waals surface area (Å²) in [7, 11) is 0. The van der Waals surface area contributed by atoms with Gasteiger partial charge in [-0.15, -0.1) is 0 Å². The Morgan fingerprint density at radius 2 is 1.93 bits per heavy atom. The second kappa shape index (κ2) is 7.53. The highest BCUT2D eigenvalue weighted by Crippen LogP contribution is 2.40. The zero-order valence-corrected chi connectivity index (χ0v) is 15.9. The van der Waals surface area contributed by atoms with Crippen molar-refractivity contribution in [1.82, 2.24) is 4.90 Å². The molecular formula is C21H21ClN2O3. The summed E-state index contributed by atoms with van der Waals surface area (Å²) in [6, 6.07) is 12.1. The van der Waals surface area contributed by atoms with E-state index in [1.807, 2.05) is 11.0 Å². The van der Waals surface area contributed by atoms with Gasteiger partial charge in [0.25, 0.3) is 0 Å². The molecule has 1 saturated heterocycles. The van der Waals surface area contributed by atoms with Crippen LogP contribution in [0, 0.1) is 6.92 Å². The Morgan fingerprint density at radius 1 is 1.11 bits per heavy atom.